The molecule has 3 fully saturated rings. The Kier molecular flexibility index (Phi) is 5.00. The van der Waals surface area contributed by atoms with Crippen molar-refractivity contribution in [3.05, 3.63) is 41.5 Å². The Morgan fingerprint density at radius 2 is 1.94 bits per heavy atom. The molecule has 1 aromatic carbocycles. The highest BCUT2D eigenvalue weighted by atomic mass is 16.8. The first-order chi connectivity index (χ1) is 15.2. The van der Waals surface area contributed by atoms with Gasteiger partial charge in [-0.1, -0.05) is 19.1 Å². The second-order valence-electron chi connectivity index (χ2n) is 9.42. The maximum Gasteiger partial charge on any atom is 0.340 e. The fourth-order valence-electron chi connectivity index (χ4n) is 5.59. The summed E-state index contributed by atoms with van der Waals surface area (Å²) in [6.07, 6.45) is 0.382. The van der Waals surface area contributed by atoms with Crippen LogP contribution in [0.15, 0.2) is 30.3 Å². The van der Waals surface area contributed by atoms with Gasteiger partial charge >= 0.3 is 5.97 Å². The molecule has 1 aromatic heterocycles. The lowest BCUT2D eigenvalue weighted by Gasteiger charge is -2.39. The fourth-order valence-corrected chi connectivity index (χ4v) is 5.59. The van der Waals surface area contributed by atoms with Gasteiger partial charge in [0.2, 0.25) is 5.88 Å². The molecule has 2 bridgehead atoms. The third kappa shape index (κ3) is 3.29. The largest absolute Gasteiger partial charge is 0.494 e. The monoisotopic (exact) mass is 442 g/mol. The summed E-state index contributed by atoms with van der Waals surface area (Å²) in [4.78, 5) is 15.6. The first kappa shape index (κ1) is 21.3. The molecule has 1 aliphatic carbocycles. The van der Waals surface area contributed by atoms with Crippen LogP contribution in [0.25, 0.3) is 5.69 Å². The summed E-state index contributed by atoms with van der Waals surface area (Å²) < 4.78 is 19.7. The highest BCUT2D eigenvalue weighted by Gasteiger charge is 2.60. The summed E-state index contributed by atoms with van der Waals surface area (Å²) >= 11 is 0. The van der Waals surface area contributed by atoms with Crippen LogP contribution in [0.3, 0.4) is 0 Å². The van der Waals surface area contributed by atoms with E-state index in [0.29, 0.717) is 17.8 Å². The standard InChI is InChI=1S/C24H30N2O6/c1-5-25-12-18(15-11-17(25)21-20(15)31-24(3,4)32-21)30-23(29)14-8-6-7-9-16(14)26-19(27)10-13(2)22(26)28/h6-10,15,17-18,20-21,27-28H,5,11-12H2,1-4H3. The maximum absolute atomic E-state index is 13.3. The van der Waals surface area contributed by atoms with E-state index in [4.69, 9.17) is 14.2 Å². The van der Waals surface area contributed by atoms with Crippen LogP contribution >= 0.6 is 0 Å². The van der Waals surface area contributed by atoms with Crippen molar-refractivity contribution in [2.24, 2.45) is 5.92 Å². The molecule has 5 rings (SSSR count). The van der Waals surface area contributed by atoms with E-state index in [2.05, 4.69) is 11.8 Å². The van der Waals surface area contributed by atoms with Gasteiger partial charge in [0.05, 0.1) is 17.4 Å². The molecule has 0 amide bonds. The molecule has 5 atom stereocenters. The molecule has 1 saturated carbocycles. The number of piperidine rings is 1. The van der Waals surface area contributed by atoms with Crippen molar-refractivity contribution >= 4 is 5.97 Å². The minimum absolute atomic E-state index is 0.0253. The van der Waals surface area contributed by atoms with Crippen LogP contribution in [0.1, 0.15) is 43.1 Å². The Labute approximate surface area is 187 Å². The molecule has 8 heteroatoms. The van der Waals surface area contributed by atoms with Crippen molar-refractivity contribution < 1.29 is 29.2 Å². The quantitative estimate of drug-likeness (QED) is 0.703. The number of aromatic hydroxyl groups is 2. The number of para-hydroxylation sites is 1. The third-order valence-corrected chi connectivity index (χ3v) is 7.01. The number of carbonyl (C=O) groups excluding carboxylic acids is 1. The molecule has 3 heterocycles. The van der Waals surface area contributed by atoms with Gasteiger partial charge in [0, 0.05) is 30.1 Å². The number of fused-ring (bicyclic) bond motifs is 5. The van der Waals surface area contributed by atoms with E-state index in [0.717, 1.165) is 13.0 Å². The lowest BCUT2D eigenvalue weighted by molar-refractivity contribution is -0.175. The molecule has 2 aromatic rings. The lowest BCUT2D eigenvalue weighted by atomic mass is 9.94. The summed E-state index contributed by atoms with van der Waals surface area (Å²) in [5, 5.41) is 20.7. The molecule has 172 valence electrons. The van der Waals surface area contributed by atoms with Crippen molar-refractivity contribution in [2.75, 3.05) is 13.1 Å². The molecular formula is C24H30N2O6. The summed E-state index contributed by atoms with van der Waals surface area (Å²) in [6.45, 7) is 9.09. The van der Waals surface area contributed by atoms with Crippen molar-refractivity contribution in [3.8, 4) is 17.4 Å². The predicted octanol–water partition coefficient (Wildman–Crippen LogP) is 2.97. The summed E-state index contributed by atoms with van der Waals surface area (Å²) in [5.74, 6) is -1.34. The lowest BCUT2D eigenvalue weighted by Crippen LogP contribution is -2.50. The van der Waals surface area contributed by atoms with Crippen molar-refractivity contribution in [1.29, 1.82) is 0 Å². The Bertz CT molecular complexity index is 1050. The highest BCUT2D eigenvalue weighted by Crippen LogP contribution is 2.48. The van der Waals surface area contributed by atoms with E-state index in [1.165, 1.54) is 10.6 Å². The number of likely N-dealkylation sites (N-methyl/N-ethyl adjacent to an activating group) is 1. The highest BCUT2D eigenvalue weighted by molar-refractivity contribution is 5.94. The van der Waals surface area contributed by atoms with Crippen molar-refractivity contribution in [2.45, 2.75) is 64.3 Å². The Morgan fingerprint density at radius 3 is 2.62 bits per heavy atom. The second-order valence-corrected chi connectivity index (χ2v) is 9.42. The number of rotatable bonds is 4. The van der Waals surface area contributed by atoms with Gasteiger partial charge in [0.25, 0.3) is 0 Å². The molecule has 32 heavy (non-hydrogen) atoms. The van der Waals surface area contributed by atoms with Crippen LogP contribution in [-0.4, -0.2) is 68.9 Å². The number of carbonyl (C=O) groups is 1. The van der Waals surface area contributed by atoms with Gasteiger partial charge in [-0.15, -0.1) is 0 Å². The molecule has 2 aliphatic heterocycles. The average molecular weight is 443 g/mol. The summed E-state index contributed by atoms with van der Waals surface area (Å²) in [7, 11) is 0. The predicted molar refractivity (Wildman–Crippen MR) is 116 cm³/mol. The minimum Gasteiger partial charge on any atom is -0.494 e. The van der Waals surface area contributed by atoms with E-state index >= 15 is 0 Å². The minimum atomic E-state index is -0.647. The summed E-state index contributed by atoms with van der Waals surface area (Å²) in [6, 6.07) is 8.52. The number of hydrogen-bond donors (Lipinski definition) is 2. The smallest absolute Gasteiger partial charge is 0.340 e. The van der Waals surface area contributed by atoms with E-state index in [9.17, 15) is 15.0 Å². The molecule has 5 unspecified atom stereocenters. The van der Waals surface area contributed by atoms with Gasteiger partial charge in [-0.25, -0.2) is 4.79 Å². The first-order valence-electron chi connectivity index (χ1n) is 11.2. The van der Waals surface area contributed by atoms with E-state index in [1.807, 2.05) is 13.8 Å². The average Bonchev–Trinajstić information content (AvgIpc) is 3.31. The van der Waals surface area contributed by atoms with Crippen LogP contribution < -0.4 is 0 Å². The van der Waals surface area contributed by atoms with Crippen LogP contribution in [0.2, 0.25) is 0 Å². The number of likely N-dealkylation sites (tertiary alicyclic amines) is 1. The van der Waals surface area contributed by atoms with Gasteiger partial charge in [-0.2, -0.15) is 0 Å². The Balaban J connectivity index is 1.44. The number of hydrogen-bond acceptors (Lipinski definition) is 7. The van der Waals surface area contributed by atoms with Crippen molar-refractivity contribution in [1.82, 2.24) is 9.47 Å². The van der Waals surface area contributed by atoms with Crippen LogP contribution in [0.5, 0.6) is 11.8 Å². The molecule has 0 radical (unpaired) electrons. The van der Waals surface area contributed by atoms with Crippen LogP contribution in [0.4, 0.5) is 0 Å². The summed E-state index contributed by atoms with van der Waals surface area (Å²) in [5.41, 5.74) is 1.16. The van der Waals surface area contributed by atoms with E-state index in [1.54, 1.807) is 31.2 Å². The SMILES string of the molecule is CCN1CC(OC(=O)c2ccccc2-n2c(O)cc(C)c2O)C2CC1C1OC(C)(C)OC21. The number of ether oxygens (including phenoxy) is 3. The van der Waals surface area contributed by atoms with Gasteiger partial charge in [0.15, 0.2) is 11.7 Å². The van der Waals surface area contributed by atoms with Gasteiger partial charge in [-0.3, -0.25) is 9.47 Å². The molecular weight excluding hydrogens is 412 g/mol. The van der Waals surface area contributed by atoms with Gasteiger partial charge in [-0.05, 0) is 45.9 Å². The zero-order valence-corrected chi connectivity index (χ0v) is 18.8. The molecule has 2 N–H and O–H groups in total. The van der Waals surface area contributed by atoms with Gasteiger partial charge < -0.3 is 24.4 Å². The normalized spacial score (nSPS) is 30.9. The molecule has 3 aliphatic rings. The Hall–Kier alpha value is -2.55. The van der Waals surface area contributed by atoms with E-state index in [-0.39, 0.29) is 47.6 Å². The van der Waals surface area contributed by atoms with Crippen molar-refractivity contribution in [3.63, 3.8) is 0 Å². The molecule has 2 saturated heterocycles. The van der Waals surface area contributed by atoms with Gasteiger partial charge in [0.1, 0.15) is 12.2 Å². The number of nitrogens with zero attached hydrogens (tertiary/aromatic N) is 2. The topological polar surface area (TPSA) is 93.4 Å². The number of aryl methyl sites for hydroxylation is 1. The molecule has 0 spiro atoms. The Morgan fingerprint density at radius 1 is 1.22 bits per heavy atom. The number of benzene rings is 1. The maximum atomic E-state index is 13.3. The number of aromatic nitrogens is 1. The number of esters is 1. The first-order valence-corrected chi connectivity index (χ1v) is 11.2. The third-order valence-electron chi connectivity index (χ3n) is 7.01. The zero-order valence-electron chi connectivity index (χ0n) is 18.8. The fraction of sp³-hybridized carbons (Fsp3) is 0.542. The van der Waals surface area contributed by atoms with Crippen LogP contribution in [-0.2, 0) is 14.2 Å². The second kappa shape index (κ2) is 7.50. The van der Waals surface area contributed by atoms with E-state index < -0.39 is 11.8 Å². The zero-order chi connectivity index (χ0) is 22.8. The molecule has 8 nitrogen and oxygen atoms in total. The van der Waals surface area contributed by atoms with Crippen LogP contribution in [0, 0.1) is 12.8 Å².